The molecule has 1 aromatic rings. The van der Waals surface area contributed by atoms with Crippen molar-refractivity contribution in [3.8, 4) is 0 Å². The Hall–Kier alpha value is 0.570. The molecule has 0 nitrogen and oxygen atoms in total. The molecule has 0 unspecified atom stereocenters. The summed E-state index contributed by atoms with van der Waals surface area (Å²) in [5.74, 6) is 0.421. The van der Waals surface area contributed by atoms with Gasteiger partial charge < -0.3 is 0 Å². The summed E-state index contributed by atoms with van der Waals surface area (Å²) in [6, 6.07) is 5.68. The van der Waals surface area contributed by atoms with Crippen LogP contribution in [0.15, 0.2) is 22.7 Å². The summed E-state index contributed by atoms with van der Waals surface area (Å²) in [7, 11) is 0. The maximum absolute atomic E-state index is 5.73. The summed E-state index contributed by atoms with van der Waals surface area (Å²) in [5, 5.41) is 0. The maximum atomic E-state index is 5.73. The average molecular weight is 288 g/mol. The van der Waals surface area contributed by atoms with Crippen LogP contribution in [-0.2, 0) is 5.88 Å². The number of hydrogen-bond donors (Lipinski definition) is 0. The van der Waals surface area contributed by atoms with Gasteiger partial charge in [0.2, 0.25) is 0 Å². The molecule has 1 rings (SSSR count). The van der Waals surface area contributed by atoms with Crippen LogP contribution in [0.4, 0.5) is 0 Å². The Morgan fingerprint density at radius 1 is 1.33 bits per heavy atom. The molecule has 0 aliphatic heterocycles. The standard InChI is InChI=1S/C8H6BrCl3/c9-6-1-2-7(8(11)12)5(3-6)4-10/h1-3,8H,4H2. The molecule has 0 atom stereocenters. The fraction of sp³-hybridized carbons (Fsp3) is 0.250. The van der Waals surface area contributed by atoms with Gasteiger partial charge in [-0.15, -0.1) is 34.8 Å². The highest BCUT2D eigenvalue weighted by atomic mass is 79.9. The molecule has 0 aromatic heterocycles. The number of benzene rings is 1. The van der Waals surface area contributed by atoms with E-state index in [9.17, 15) is 0 Å². The Morgan fingerprint density at radius 3 is 2.50 bits per heavy atom. The fourth-order valence-corrected chi connectivity index (χ4v) is 1.97. The summed E-state index contributed by atoms with van der Waals surface area (Å²) < 4.78 is 0.982. The van der Waals surface area contributed by atoms with Crippen LogP contribution in [0.3, 0.4) is 0 Å². The molecule has 0 fully saturated rings. The quantitative estimate of drug-likeness (QED) is 0.694. The van der Waals surface area contributed by atoms with Crippen molar-refractivity contribution in [2.75, 3.05) is 0 Å². The van der Waals surface area contributed by atoms with E-state index in [1.807, 2.05) is 18.2 Å². The highest BCUT2D eigenvalue weighted by molar-refractivity contribution is 9.10. The van der Waals surface area contributed by atoms with Crippen LogP contribution in [0.25, 0.3) is 0 Å². The van der Waals surface area contributed by atoms with Gasteiger partial charge in [0.05, 0.1) is 0 Å². The molecule has 0 spiro atoms. The van der Waals surface area contributed by atoms with Crippen LogP contribution >= 0.6 is 50.7 Å². The molecule has 0 saturated heterocycles. The van der Waals surface area contributed by atoms with Gasteiger partial charge in [0, 0.05) is 10.4 Å². The van der Waals surface area contributed by atoms with E-state index < -0.39 is 4.84 Å². The van der Waals surface area contributed by atoms with Crippen molar-refractivity contribution in [1.29, 1.82) is 0 Å². The summed E-state index contributed by atoms with van der Waals surface area (Å²) >= 11 is 20.5. The highest BCUT2D eigenvalue weighted by Gasteiger charge is 2.08. The number of halogens is 4. The van der Waals surface area contributed by atoms with Gasteiger partial charge in [-0.05, 0) is 23.3 Å². The predicted molar refractivity (Wildman–Crippen MR) is 58.1 cm³/mol. The second-order valence-corrected chi connectivity index (χ2v) is 4.56. The van der Waals surface area contributed by atoms with Crippen LogP contribution in [0.5, 0.6) is 0 Å². The molecule has 66 valence electrons. The predicted octanol–water partition coefficient (Wildman–Crippen LogP) is 4.66. The van der Waals surface area contributed by atoms with Gasteiger partial charge in [-0.1, -0.05) is 22.0 Å². The lowest BCUT2D eigenvalue weighted by Gasteiger charge is -2.07. The minimum atomic E-state index is -0.508. The van der Waals surface area contributed by atoms with Crippen molar-refractivity contribution in [3.05, 3.63) is 33.8 Å². The minimum Gasteiger partial charge on any atom is -0.122 e. The van der Waals surface area contributed by atoms with E-state index >= 15 is 0 Å². The first-order valence-electron chi connectivity index (χ1n) is 3.27. The first kappa shape index (κ1) is 10.6. The first-order chi connectivity index (χ1) is 5.65. The third kappa shape index (κ3) is 2.53. The Bertz CT molecular complexity index is 273. The number of rotatable bonds is 2. The lowest BCUT2D eigenvalue weighted by Crippen LogP contribution is -1.89. The monoisotopic (exact) mass is 286 g/mol. The first-order valence-corrected chi connectivity index (χ1v) is 5.47. The van der Waals surface area contributed by atoms with Crippen molar-refractivity contribution in [2.24, 2.45) is 0 Å². The molecule has 0 aliphatic rings. The van der Waals surface area contributed by atoms with E-state index in [4.69, 9.17) is 34.8 Å². The third-order valence-corrected chi connectivity index (χ3v) is 2.74. The number of hydrogen-bond acceptors (Lipinski definition) is 0. The van der Waals surface area contributed by atoms with Crippen molar-refractivity contribution < 1.29 is 0 Å². The Kier molecular flexibility index (Phi) is 4.18. The Balaban J connectivity index is 3.11. The summed E-state index contributed by atoms with van der Waals surface area (Å²) in [6.07, 6.45) is 0. The van der Waals surface area contributed by atoms with Crippen molar-refractivity contribution in [3.63, 3.8) is 0 Å². The normalized spacial score (nSPS) is 10.8. The molecule has 1 aromatic carbocycles. The van der Waals surface area contributed by atoms with E-state index in [1.54, 1.807) is 0 Å². The van der Waals surface area contributed by atoms with Crippen LogP contribution < -0.4 is 0 Å². The van der Waals surface area contributed by atoms with Crippen LogP contribution in [-0.4, -0.2) is 0 Å². The largest absolute Gasteiger partial charge is 0.133 e. The average Bonchev–Trinajstić information content (AvgIpc) is 2.03. The molecule has 12 heavy (non-hydrogen) atoms. The molecule has 0 amide bonds. The van der Waals surface area contributed by atoms with Gasteiger partial charge >= 0.3 is 0 Å². The van der Waals surface area contributed by atoms with E-state index in [1.165, 1.54) is 0 Å². The molecular formula is C8H6BrCl3. The number of alkyl halides is 3. The SMILES string of the molecule is ClCc1cc(Br)ccc1C(Cl)Cl. The van der Waals surface area contributed by atoms with Crippen molar-refractivity contribution in [1.82, 2.24) is 0 Å². The molecule has 0 radical (unpaired) electrons. The molecule has 4 heteroatoms. The van der Waals surface area contributed by atoms with Crippen LogP contribution in [0.2, 0.25) is 0 Å². The lowest BCUT2D eigenvalue weighted by molar-refractivity contribution is 1.23. The summed E-state index contributed by atoms with van der Waals surface area (Å²) in [6.45, 7) is 0. The zero-order chi connectivity index (χ0) is 9.14. The molecule has 0 N–H and O–H groups in total. The van der Waals surface area contributed by atoms with Gasteiger partial charge in [0.15, 0.2) is 0 Å². The second kappa shape index (κ2) is 4.71. The van der Waals surface area contributed by atoms with Gasteiger partial charge in [-0.2, -0.15) is 0 Å². The van der Waals surface area contributed by atoms with Crippen LogP contribution in [0, 0.1) is 0 Å². The Labute approximate surface area is 94.9 Å². The zero-order valence-corrected chi connectivity index (χ0v) is 9.88. The van der Waals surface area contributed by atoms with Gasteiger partial charge in [-0.25, -0.2) is 0 Å². The van der Waals surface area contributed by atoms with Crippen LogP contribution in [0.1, 0.15) is 16.0 Å². The van der Waals surface area contributed by atoms with Crippen molar-refractivity contribution >= 4 is 50.7 Å². The van der Waals surface area contributed by atoms with E-state index in [2.05, 4.69) is 15.9 Å². The van der Waals surface area contributed by atoms with E-state index in [0.29, 0.717) is 5.88 Å². The summed E-state index contributed by atoms with van der Waals surface area (Å²) in [5.41, 5.74) is 1.83. The molecule has 0 aliphatic carbocycles. The van der Waals surface area contributed by atoms with Crippen molar-refractivity contribution in [2.45, 2.75) is 10.7 Å². The minimum absolute atomic E-state index is 0.421. The zero-order valence-electron chi connectivity index (χ0n) is 6.03. The molecule has 0 heterocycles. The fourth-order valence-electron chi connectivity index (χ4n) is 0.903. The maximum Gasteiger partial charge on any atom is 0.133 e. The second-order valence-electron chi connectivity index (χ2n) is 2.28. The Morgan fingerprint density at radius 2 is 2.00 bits per heavy atom. The van der Waals surface area contributed by atoms with Gasteiger partial charge in [0.25, 0.3) is 0 Å². The highest BCUT2D eigenvalue weighted by Crippen LogP contribution is 2.30. The third-order valence-electron chi connectivity index (χ3n) is 1.48. The molecular weight excluding hydrogens is 282 g/mol. The van der Waals surface area contributed by atoms with Gasteiger partial charge in [-0.3, -0.25) is 0 Å². The lowest BCUT2D eigenvalue weighted by atomic mass is 10.1. The van der Waals surface area contributed by atoms with E-state index in [-0.39, 0.29) is 0 Å². The topological polar surface area (TPSA) is 0 Å². The smallest absolute Gasteiger partial charge is 0.122 e. The molecule has 0 saturated carbocycles. The van der Waals surface area contributed by atoms with E-state index in [0.717, 1.165) is 15.6 Å². The van der Waals surface area contributed by atoms with Gasteiger partial charge in [0.1, 0.15) is 4.84 Å². The molecule has 0 bridgehead atoms. The summed E-state index contributed by atoms with van der Waals surface area (Å²) in [4.78, 5) is -0.508.